The number of nitrogens with two attached hydrogens (primary N) is 1. The molecule has 3 aromatic rings. The van der Waals surface area contributed by atoms with Crippen LogP contribution in [0.25, 0.3) is 6.08 Å². The summed E-state index contributed by atoms with van der Waals surface area (Å²) in [5.74, 6) is 1.69. The smallest absolute Gasteiger partial charge is 0.127 e. The first-order valence-corrected chi connectivity index (χ1v) is 12.1. The predicted molar refractivity (Wildman–Crippen MR) is 143 cm³/mol. The van der Waals surface area contributed by atoms with Gasteiger partial charge < -0.3 is 25.8 Å². The molecule has 0 aromatic heterocycles. The summed E-state index contributed by atoms with van der Waals surface area (Å²) in [4.78, 5) is 0. The maximum absolute atomic E-state index is 7.82. The SMILES string of the molecule is C/C(=C\c1cc(C(=N)N)ccc1OCc1ccccc1)CNc1cccc(OC2CCNCC2)c1. The van der Waals surface area contributed by atoms with E-state index < -0.39 is 0 Å². The van der Waals surface area contributed by atoms with Crippen LogP contribution in [0.15, 0.2) is 78.4 Å². The molecule has 0 bridgehead atoms. The Labute approximate surface area is 207 Å². The first kappa shape index (κ1) is 24.4. The minimum absolute atomic E-state index is 0.0376. The minimum Gasteiger partial charge on any atom is -0.490 e. The minimum atomic E-state index is 0.0376. The largest absolute Gasteiger partial charge is 0.490 e. The van der Waals surface area contributed by atoms with Gasteiger partial charge in [-0.3, -0.25) is 5.41 Å². The van der Waals surface area contributed by atoms with E-state index in [-0.39, 0.29) is 11.9 Å². The third-order valence-electron chi connectivity index (χ3n) is 5.95. The van der Waals surface area contributed by atoms with Crippen molar-refractivity contribution in [2.45, 2.75) is 32.5 Å². The molecule has 6 heteroatoms. The number of ether oxygens (including phenoxy) is 2. The molecule has 0 saturated carbocycles. The highest BCUT2D eigenvalue weighted by molar-refractivity contribution is 5.95. The Morgan fingerprint density at radius 1 is 1.06 bits per heavy atom. The maximum Gasteiger partial charge on any atom is 0.127 e. The molecule has 0 radical (unpaired) electrons. The van der Waals surface area contributed by atoms with E-state index in [0.717, 1.165) is 59.8 Å². The summed E-state index contributed by atoms with van der Waals surface area (Å²) in [5, 5.41) is 14.7. The lowest BCUT2D eigenvalue weighted by Crippen LogP contribution is -2.34. The second kappa shape index (κ2) is 12.1. The second-order valence-electron chi connectivity index (χ2n) is 8.88. The van der Waals surface area contributed by atoms with Gasteiger partial charge in [0.1, 0.15) is 30.0 Å². The molecule has 1 aliphatic rings. The van der Waals surface area contributed by atoms with Crippen LogP contribution in [-0.4, -0.2) is 31.6 Å². The van der Waals surface area contributed by atoms with Gasteiger partial charge >= 0.3 is 0 Å². The van der Waals surface area contributed by atoms with E-state index in [1.54, 1.807) is 0 Å². The highest BCUT2D eigenvalue weighted by Crippen LogP contribution is 2.25. The van der Waals surface area contributed by atoms with Crippen molar-refractivity contribution in [1.82, 2.24) is 5.32 Å². The molecule has 0 spiro atoms. The Kier molecular flexibility index (Phi) is 8.41. The Morgan fingerprint density at radius 3 is 2.63 bits per heavy atom. The molecule has 1 fully saturated rings. The number of hydrogen-bond acceptors (Lipinski definition) is 5. The van der Waals surface area contributed by atoms with Crippen molar-refractivity contribution in [1.29, 1.82) is 5.41 Å². The Hall–Kier alpha value is -3.77. The molecule has 35 heavy (non-hydrogen) atoms. The second-order valence-corrected chi connectivity index (χ2v) is 8.88. The topological polar surface area (TPSA) is 92.4 Å². The number of hydrogen-bond donors (Lipinski definition) is 4. The zero-order valence-electron chi connectivity index (χ0n) is 20.2. The van der Waals surface area contributed by atoms with Gasteiger partial charge in [-0.05, 0) is 68.8 Å². The van der Waals surface area contributed by atoms with E-state index in [0.29, 0.717) is 18.7 Å². The van der Waals surface area contributed by atoms with Crippen molar-refractivity contribution in [2.24, 2.45) is 5.73 Å². The van der Waals surface area contributed by atoms with Gasteiger partial charge in [0.15, 0.2) is 0 Å². The summed E-state index contributed by atoms with van der Waals surface area (Å²) in [5.41, 5.74) is 10.6. The maximum atomic E-state index is 7.82. The number of nitrogens with one attached hydrogen (secondary N) is 3. The molecule has 3 aromatic carbocycles. The van der Waals surface area contributed by atoms with Crippen LogP contribution in [0, 0.1) is 5.41 Å². The number of amidine groups is 1. The molecular formula is C29H34N4O2. The van der Waals surface area contributed by atoms with Crippen molar-refractivity contribution >= 4 is 17.6 Å². The number of piperidine rings is 1. The lowest BCUT2D eigenvalue weighted by molar-refractivity contribution is 0.162. The molecule has 0 amide bonds. The summed E-state index contributed by atoms with van der Waals surface area (Å²) < 4.78 is 12.3. The third kappa shape index (κ3) is 7.36. The monoisotopic (exact) mass is 470 g/mol. The van der Waals surface area contributed by atoms with E-state index in [9.17, 15) is 0 Å². The third-order valence-corrected chi connectivity index (χ3v) is 5.95. The standard InChI is InChI=1S/C29H34N4O2/c1-21(19-33-25-8-5-9-27(18-25)35-26-12-14-32-15-13-26)16-24-17-23(29(30)31)10-11-28(24)34-20-22-6-3-2-4-7-22/h2-11,16-18,26,32-33H,12-15,19-20H2,1H3,(H3,30,31)/b21-16+. The fourth-order valence-corrected chi connectivity index (χ4v) is 4.04. The Bertz CT molecular complexity index is 1150. The zero-order valence-corrected chi connectivity index (χ0v) is 20.2. The van der Waals surface area contributed by atoms with Crippen molar-refractivity contribution < 1.29 is 9.47 Å². The lowest BCUT2D eigenvalue weighted by Gasteiger charge is -2.24. The normalized spacial score (nSPS) is 14.4. The molecule has 4 rings (SSSR count). The van der Waals surface area contributed by atoms with Gasteiger partial charge in [-0.2, -0.15) is 0 Å². The van der Waals surface area contributed by atoms with E-state index in [4.69, 9.17) is 20.6 Å². The van der Waals surface area contributed by atoms with Gasteiger partial charge in [0.05, 0.1) is 0 Å². The van der Waals surface area contributed by atoms with Gasteiger partial charge in [-0.15, -0.1) is 0 Å². The average molecular weight is 471 g/mol. The summed E-state index contributed by atoms with van der Waals surface area (Å²) in [6.45, 7) is 5.23. The van der Waals surface area contributed by atoms with Crippen molar-refractivity contribution in [2.75, 3.05) is 25.0 Å². The molecule has 0 atom stereocenters. The fraction of sp³-hybridized carbons (Fsp3) is 0.276. The van der Waals surface area contributed by atoms with E-state index in [2.05, 4.69) is 29.7 Å². The summed E-state index contributed by atoms with van der Waals surface area (Å²) >= 11 is 0. The van der Waals surface area contributed by atoms with E-state index >= 15 is 0 Å². The van der Waals surface area contributed by atoms with Gasteiger partial charge in [0.2, 0.25) is 0 Å². The van der Waals surface area contributed by atoms with Crippen LogP contribution in [0.4, 0.5) is 5.69 Å². The molecular weight excluding hydrogens is 436 g/mol. The quantitative estimate of drug-likeness (QED) is 0.242. The molecule has 1 heterocycles. The summed E-state index contributed by atoms with van der Waals surface area (Å²) in [6.07, 6.45) is 4.42. The summed E-state index contributed by atoms with van der Waals surface area (Å²) in [7, 11) is 0. The van der Waals surface area contributed by atoms with Crippen LogP contribution in [-0.2, 0) is 6.61 Å². The van der Waals surface area contributed by atoms with Gasteiger partial charge in [-0.25, -0.2) is 0 Å². The van der Waals surface area contributed by atoms with Crippen LogP contribution < -0.4 is 25.8 Å². The molecule has 1 aliphatic heterocycles. The Balaban J connectivity index is 1.43. The first-order chi connectivity index (χ1) is 17.1. The van der Waals surface area contributed by atoms with Gasteiger partial charge in [0, 0.05) is 29.4 Å². The zero-order chi connectivity index (χ0) is 24.5. The molecule has 182 valence electrons. The highest BCUT2D eigenvalue weighted by Gasteiger charge is 2.14. The van der Waals surface area contributed by atoms with Gasteiger partial charge in [0.25, 0.3) is 0 Å². The molecule has 5 N–H and O–H groups in total. The van der Waals surface area contributed by atoms with Crippen LogP contribution in [0.5, 0.6) is 11.5 Å². The number of benzene rings is 3. The number of rotatable bonds is 10. The van der Waals surface area contributed by atoms with Crippen LogP contribution >= 0.6 is 0 Å². The summed E-state index contributed by atoms with van der Waals surface area (Å²) in [6, 6.07) is 23.8. The fourth-order valence-electron chi connectivity index (χ4n) is 4.04. The van der Waals surface area contributed by atoms with E-state index in [1.807, 2.05) is 66.7 Å². The average Bonchev–Trinajstić information content (AvgIpc) is 2.88. The number of nitrogen functional groups attached to an aromatic ring is 1. The molecule has 6 nitrogen and oxygen atoms in total. The van der Waals surface area contributed by atoms with Crippen molar-refractivity contribution in [3.05, 3.63) is 95.1 Å². The van der Waals surface area contributed by atoms with E-state index in [1.165, 1.54) is 0 Å². The van der Waals surface area contributed by atoms with Gasteiger partial charge in [-0.1, -0.05) is 48.0 Å². The highest BCUT2D eigenvalue weighted by atomic mass is 16.5. The molecule has 1 saturated heterocycles. The predicted octanol–water partition coefficient (Wildman–Crippen LogP) is 5.20. The Morgan fingerprint density at radius 2 is 1.86 bits per heavy atom. The van der Waals surface area contributed by atoms with Crippen LogP contribution in [0.2, 0.25) is 0 Å². The van der Waals surface area contributed by atoms with Crippen molar-refractivity contribution in [3.63, 3.8) is 0 Å². The lowest BCUT2D eigenvalue weighted by atomic mass is 10.1. The van der Waals surface area contributed by atoms with Crippen molar-refractivity contribution in [3.8, 4) is 11.5 Å². The van der Waals surface area contributed by atoms with Crippen LogP contribution in [0.1, 0.15) is 36.5 Å². The first-order valence-electron chi connectivity index (χ1n) is 12.1. The molecule has 0 unspecified atom stereocenters. The number of anilines is 1. The van der Waals surface area contributed by atoms with Crippen LogP contribution in [0.3, 0.4) is 0 Å². The molecule has 0 aliphatic carbocycles.